The number of hydrogen-bond acceptors (Lipinski definition) is 8. The first-order chi connectivity index (χ1) is 12.7. The molecule has 2 aromatic heterocycles. The molecule has 0 spiro atoms. The van der Waals surface area contributed by atoms with Crippen LogP contribution >= 0.6 is 11.8 Å². The Morgan fingerprint density at radius 3 is 2.69 bits per heavy atom. The Bertz CT molecular complexity index is 873. The second kappa shape index (κ2) is 8.65. The maximum atomic E-state index is 13.5. The summed E-state index contributed by atoms with van der Waals surface area (Å²) < 4.78 is 20.8. The third kappa shape index (κ3) is 4.13. The Morgan fingerprint density at radius 2 is 1.92 bits per heavy atom. The quantitative estimate of drug-likeness (QED) is 0.435. The molecule has 0 atom stereocenters. The molecule has 26 heavy (non-hydrogen) atoms. The summed E-state index contributed by atoms with van der Waals surface area (Å²) in [5, 5.41) is 15.2. The number of thioether (sulfide) groups is 1. The molecule has 0 saturated heterocycles. The van der Waals surface area contributed by atoms with Crippen LogP contribution in [0, 0.1) is 5.82 Å². The normalized spacial score (nSPS) is 10.9. The van der Waals surface area contributed by atoms with Crippen molar-refractivity contribution in [2.45, 2.75) is 19.0 Å². The predicted molar refractivity (Wildman–Crippen MR) is 99.5 cm³/mol. The first kappa shape index (κ1) is 18.2. The Hall–Kier alpha value is -2.62. The molecule has 3 aromatic rings. The summed E-state index contributed by atoms with van der Waals surface area (Å²) in [5.41, 5.74) is 0. The van der Waals surface area contributed by atoms with Crippen LogP contribution < -0.4 is 15.4 Å². The Balaban J connectivity index is 1.70. The van der Waals surface area contributed by atoms with E-state index in [1.807, 2.05) is 13.8 Å². The van der Waals surface area contributed by atoms with Crippen molar-refractivity contribution < 1.29 is 9.13 Å². The van der Waals surface area contributed by atoms with Gasteiger partial charge >= 0.3 is 0 Å². The van der Waals surface area contributed by atoms with Crippen LogP contribution in [0.15, 0.2) is 29.4 Å². The number of anilines is 2. The van der Waals surface area contributed by atoms with Gasteiger partial charge in [-0.05, 0) is 26.0 Å². The number of para-hydroxylation sites is 1. The van der Waals surface area contributed by atoms with Gasteiger partial charge in [-0.2, -0.15) is 9.97 Å². The predicted octanol–water partition coefficient (Wildman–Crippen LogP) is 2.69. The second-order valence-corrected chi connectivity index (χ2v) is 6.24. The molecule has 0 saturated carbocycles. The summed E-state index contributed by atoms with van der Waals surface area (Å²) in [6.07, 6.45) is 0. The molecular weight excluding hydrogens is 357 g/mol. The van der Waals surface area contributed by atoms with Crippen LogP contribution in [-0.4, -0.2) is 50.0 Å². The molecule has 0 amide bonds. The first-order valence-corrected chi connectivity index (χ1v) is 9.32. The standard InChI is InChI=1S/C16H20FN7OS/c1-3-18-13-20-14(19-4-2)24-15(21-13)22-23-16(24)26-10-9-25-12-8-6-5-7-11(12)17/h5-8H,3-4,9-10H2,1-2H3,(H2,18,19,20,21,22). The van der Waals surface area contributed by atoms with Crippen LogP contribution in [-0.2, 0) is 0 Å². The maximum absolute atomic E-state index is 13.5. The molecule has 0 aliphatic carbocycles. The molecular formula is C16H20FN7OS. The molecule has 2 N–H and O–H groups in total. The third-order valence-electron chi connectivity index (χ3n) is 3.32. The van der Waals surface area contributed by atoms with Crippen LogP contribution in [0.25, 0.3) is 5.78 Å². The number of hydrogen-bond donors (Lipinski definition) is 2. The van der Waals surface area contributed by atoms with Gasteiger partial charge in [-0.15, -0.1) is 10.2 Å². The number of ether oxygens (including phenoxy) is 1. The van der Waals surface area contributed by atoms with E-state index in [-0.39, 0.29) is 11.6 Å². The fourth-order valence-corrected chi connectivity index (χ4v) is 2.99. The minimum Gasteiger partial charge on any atom is -0.490 e. The van der Waals surface area contributed by atoms with Gasteiger partial charge in [0.15, 0.2) is 16.7 Å². The SMILES string of the molecule is CCNc1nc(NCC)n2c(SCCOc3ccccc3F)nnc2n1. The zero-order valence-electron chi connectivity index (χ0n) is 14.6. The zero-order chi connectivity index (χ0) is 18.4. The molecule has 0 unspecified atom stereocenters. The highest BCUT2D eigenvalue weighted by molar-refractivity contribution is 7.99. The number of halogens is 1. The third-order valence-corrected chi connectivity index (χ3v) is 4.22. The van der Waals surface area contributed by atoms with Gasteiger partial charge in [0, 0.05) is 18.8 Å². The van der Waals surface area contributed by atoms with Crippen molar-refractivity contribution >= 4 is 29.4 Å². The van der Waals surface area contributed by atoms with Gasteiger partial charge in [0.05, 0.1) is 6.61 Å². The molecule has 8 nitrogen and oxygen atoms in total. The van der Waals surface area contributed by atoms with Gasteiger partial charge in [0.25, 0.3) is 5.78 Å². The van der Waals surface area contributed by atoms with E-state index < -0.39 is 0 Å². The highest BCUT2D eigenvalue weighted by Gasteiger charge is 2.14. The summed E-state index contributed by atoms with van der Waals surface area (Å²) in [6.45, 7) is 5.72. The molecule has 0 aliphatic heterocycles. The van der Waals surface area contributed by atoms with Crippen molar-refractivity contribution in [3.05, 3.63) is 30.1 Å². The van der Waals surface area contributed by atoms with E-state index in [0.717, 1.165) is 0 Å². The number of rotatable bonds is 9. The fourth-order valence-electron chi connectivity index (χ4n) is 2.24. The Morgan fingerprint density at radius 1 is 1.12 bits per heavy atom. The van der Waals surface area contributed by atoms with Gasteiger partial charge in [-0.25, -0.2) is 8.79 Å². The highest BCUT2D eigenvalue weighted by Crippen LogP contribution is 2.22. The maximum Gasteiger partial charge on any atom is 0.261 e. The van der Waals surface area contributed by atoms with Gasteiger partial charge < -0.3 is 15.4 Å². The highest BCUT2D eigenvalue weighted by atomic mass is 32.2. The molecule has 138 valence electrons. The molecule has 0 bridgehead atoms. The van der Waals surface area contributed by atoms with Gasteiger partial charge in [0.2, 0.25) is 11.9 Å². The van der Waals surface area contributed by atoms with Crippen molar-refractivity contribution in [3.63, 3.8) is 0 Å². The van der Waals surface area contributed by atoms with Crippen molar-refractivity contribution in [2.75, 3.05) is 36.1 Å². The van der Waals surface area contributed by atoms with Crippen molar-refractivity contribution in [1.29, 1.82) is 0 Å². The van der Waals surface area contributed by atoms with E-state index >= 15 is 0 Å². The van der Waals surface area contributed by atoms with Crippen LogP contribution in [0.1, 0.15) is 13.8 Å². The lowest BCUT2D eigenvalue weighted by molar-refractivity contribution is 0.325. The van der Waals surface area contributed by atoms with Crippen LogP contribution in [0.3, 0.4) is 0 Å². The van der Waals surface area contributed by atoms with Gasteiger partial charge in [0.1, 0.15) is 0 Å². The number of benzene rings is 1. The van der Waals surface area contributed by atoms with E-state index in [1.54, 1.807) is 22.6 Å². The lowest BCUT2D eigenvalue weighted by atomic mass is 10.3. The number of nitrogens with zero attached hydrogens (tertiary/aromatic N) is 5. The zero-order valence-corrected chi connectivity index (χ0v) is 15.4. The van der Waals surface area contributed by atoms with E-state index in [2.05, 4.69) is 30.8 Å². The molecule has 10 heteroatoms. The van der Waals surface area contributed by atoms with E-state index in [1.165, 1.54) is 17.8 Å². The van der Waals surface area contributed by atoms with Crippen molar-refractivity contribution in [3.8, 4) is 5.75 Å². The number of aromatic nitrogens is 5. The first-order valence-electron chi connectivity index (χ1n) is 8.34. The fraction of sp³-hybridized carbons (Fsp3) is 0.375. The van der Waals surface area contributed by atoms with Crippen LogP contribution in [0.2, 0.25) is 0 Å². The summed E-state index contributed by atoms with van der Waals surface area (Å²) in [5.74, 6) is 2.04. The lowest BCUT2D eigenvalue weighted by Gasteiger charge is -2.10. The molecule has 0 radical (unpaired) electrons. The molecule has 2 heterocycles. The average Bonchev–Trinajstić information content (AvgIpc) is 3.04. The minimum atomic E-state index is -0.371. The summed E-state index contributed by atoms with van der Waals surface area (Å²) >= 11 is 1.44. The molecule has 0 aliphatic rings. The largest absolute Gasteiger partial charge is 0.490 e. The number of nitrogens with one attached hydrogen (secondary N) is 2. The molecule has 0 fully saturated rings. The summed E-state index contributed by atoms with van der Waals surface area (Å²) in [4.78, 5) is 8.81. The molecule has 1 aromatic carbocycles. The van der Waals surface area contributed by atoms with E-state index in [4.69, 9.17) is 4.74 Å². The topological polar surface area (TPSA) is 89.3 Å². The number of fused-ring (bicyclic) bond motifs is 1. The van der Waals surface area contributed by atoms with E-state index in [0.29, 0.717) is 48.3 Å². The monoisotopic (exact) mass is 377 g/mol. The van der Waals surface area contributed by atoms with Crippen LogP contribution in [0.5, 0.6) is 5.75 Å². The Labute approximate surface area is 154 Å². The second-order valence-electron chi connectivity index (χ2n) is 5.18. The van der Waals surface area contributed by atoms with Crippen molar-refractivity contribution in [2.24, 2.45) is 0 Å². The smallest absolute Gasteiger partial charge is 0.261 e. The minimum absolute atomic E-state index is 0.242. The van der Waals surface area contributed by atoms with Crippen LogP contribution in [0.4, 0.5) is 16.3 Å². The summed E-state index contributed by atoms with van der Waals surface area (Å²) in [6, 6.07) is 6.34. The lowest BCUT2D eigenvalue weighted by Crippen LogP contribution is -2.11. The van der Waals surface area contributed by atoms with E-state index in [9.17, 15) is 4.39 Å². The van der Waals surface area contributed by atoms with Gasteiger partial charge in [-0.3, -0.25) is 0 Å². The molecule has 3 rings (SSSR count). The Kier molecular flexibility index (Phi) is 6.05. The summed E-state index contributed by atoms with van der Waals surface area (Å²) in [7, 11) is 0. The van der Waals surface area contributed by atoms with Crippen molar-refractivity contribution in [1.82, 2.24) is 24.6 Å². The average molecular weight is 377 g/mol. The van der Waals surface area contributed by atoms with Gasteiger partial charge in [-0.1, -0.05) is 23.9 Å².